The Hall–Kier alpha value is -0.0900. The van der Waals surface area contributed by atoms with Gasteiger partial charge >= 0.3 is 0 Å². The molecule has 0 saturated carbocycles. The van der Waals surface area contributed by atoms with Crippen molar-refractivity contribution in [1.82, 2.24) is 5.32 Å². The average Bonchev–Trinajstić information content (AvgIpc) is 1.99. The lowest BCUT2D eigenvalue weighted by Gasteiger charge is -2.14. The smallest absolute Gasteiger partial charge is 0.233 e. The number of alkyl halides is 1. The van der Waals surface area contributed by atoms with Gasteiger partial charge in [-0.05, 0) is 13.3 Å². The molecule has 0 aromatic rings. The third kappa shape index (κ3) is 4.37. The van der Waals surface area contributed by atoms with E-state index in [-0.39, 0.29) is 23.4 Å². The fourth-order valence-electron chi connectivity index (χ4n) is 0.593. The largest absolute Gasteiger partial charge is 0.394 e. The molecule has 0 heterocycles. The van der Waals surface area contributed by atoms with Gasteiger partial charge in [0.1, 0.15) is 0 Å². The molecule has 0 spiro atoms. The number of rotatable bonds is 4. The number of carbonyl (C=O) groups is 1. The third-order valence-corrected chi connectivity index (χ3v) is 1.84. The van der Waals surface area contributed by atoms with Crippen molar-refractivity contribution >= 4 is 21.8 Å². The minimum absolute atomic E-state index is 0.00194. The van der Waals surface area contributed by atoms with E-state index in [1.807, 2.05) is 6.92 Å². The summed E-state index contributed by atoms with van der Waals surface area (Å²) in [6.07, 6.45) is 0.752. The lowest BCUT2D eigenvalue weighted by Crippen LogP contribution is -2.40. The van der Waals surface area contributed by atoms with Crippen LogP contribution < -0.4 is 5.32 Å². The van der Waals surface area contributed by atoms with Gasteiger partial charge in [-0.1, -0.05) is 22.9 Å². The van der Waals surface area contributed by atoms with Gasteiger partial charge in [0.2, 0.25) is 5.91 Å². The van der Waals surface area contributed by atoms with Crippen LogP contribution in [0.25, 0.3) is 0 Å². The minimum Gasteiger partial charge on any atom is -0.394 e. The first-order chi connectivity index (χ1) is 5.11. The molecule has 1 amide bonds. The summed E-state index contributed by atoms with van der Waals surface area (Å²) >= 11 is 3.13. The summed E-state index contributed by atoms with van der Waals surface area (Å²) in [5.41, 5.74) is 0. The molecule has 2 atom stereocenters. The van der Waals surface area contributed by atoms with Crippen molar-refractivity contribution in [2.45, 2.75) is 31.1 Å². The van der Waals surface area contributed by atoms with Gasteiger partial charge in [0.25, 0.3) is 0 Å². The van der Waals surface area contributed by atoms with Crippen molar-refractivity contribution in [3.63, 3.8) is 0 Å². The van der Waals surface area contributed by atoms with Crippen LogP contribution in [0.4, 0.5) is 0 Å². The minimum atomic E-state index is -0.192. The van der Waals surface area contributed by atoms with Crippen molar-refractivity contribution in [2.24, 2.45) is 0 Å². The maximum absolute atomic E-state index is 11.0. The van der Waals surface area contributed by atoms with Gasteiger partial charge in [-0.25, -0.2) is 0 Å². The first-order valence-corrected chi connectivity index (χ1v) is 4.58. The first-order valence-electron chi connectivity index (χ1n) is 3.67. The highest BCUT2D eigenvalue weighted by Gasteiger charge is 2.12. The summed E-state index contributed by atoms with van der Waals surface area (Å²) in [4.78, 5) is 10.8. The standard InChI is InChI=1S/C7H14BrNO2/c1-3-6(4-10)9-7(11)5(2)8/h5-6,10H,3-4H2,1-2H3,(H,9,11)/t5?,6-/m1/s1. The van der Waals surface area contributed by atoms with Crippen molar-refractivity contribution in [3.8, 4) is 0 Å². The van der Waals surface area contributed by atoms with E-state index in [1.54, 1.807) is 6.92 Å². The molecule has 3 nitrogen and oxygen atoms in total. The van der Waals surface area contributed by atoms with Crippen LogP contribution in [0.1, 0.15) is 20.3 Å². The number of aliphatic hydroxyl groups excluding tert-OH is 1. The fourth-order valence-corrected chi connectivity index (χ4v) is 0.725. The molecule has 0 bridgehead atoms. The van der Waals surface area contributed by atoms with Crippen LogP contribution >= 0.6 is 15.9 Å². The quantitative estimate of drug-likeness (QED) is 0.689. The second-order valence-corrected chi connectivity index (χ2v) is 3.79. The molecule has 0 aliphatic heterocycles. The maximum atomic E-state index is 11.0. The highest BCUT2D eigenvalue weighted by molar-refractivity contribution is 9.10. The number of hydrogen-bond acceptors (Lipinski definition) is 2. The lowest BCUT2D eigenvalue weighted by molar-refractivity contribution is -0.121. The number of carbonyl (C=O) groups excluding carboxylic acids is 1. The molecule has 0 aromatic heterocycles. The Balaban J connectivity index is 3.72. The summed E-state index contributed by atoms with van der Waals surface area (Å²) in [7, 11) is 0. The second-order valence-electron chi connectivity index (χ2n) is 2.41. The van der Waals surface area contributed by atoms with Gasteiger partial charge in [0.15, 0.2) is 0 Å². The van der Waals surface area contributed by atoms with Gasteiger partial charge in [-0.2, -0.15) is 0 Å². The van der Waals surface area contributed by atoms with Crippen molar-refractivity contribution < 1.29 is 9.90 Å². The van der Waals surface area contributed by atoms with E-state index in [2.05, 4.69) is 21.2 Å². The van der Waals surface area contributed by atoms with Crippen LogP contribution in [0.5, 0.6) is 0 Å². The number of nitrogens with one attached hydrogen (secondary N) is 1. The number of amides is 1. The normalized spacial score (nSPS) is 15.6. The summed E-state index contributed by atoms with van der Waals surface area (Å²) < 4.78 is 0. The van der Waals surface area contributed by atoms with Crippen molar-refractivity contribution in [2.75, 3.05) is 6.61 Å². The van der Waals surface area contributed by atoms with Gasteiger partial charge in [0, 0.05) is 0 Å². The predicted octanol–water partition coefficient (Wildman–Crippen LogP) is 0.657. The summed E-state index contributed by atoms with van der Waals surface area (Å²) in [5.74, 6) is -0.0779. The molecule has 1 unspecified atom stereocenters. The molecule has 0 aliphatic rings. The van der Waals surface area contributed by atoms with E-state index < -0.39 is 0 Å². The molecule has 4 heteroatoms. The van der Waals surface area contributed by atoms with Gasteiger partial charge in [0.05, 0.1) is 17.5 Å². The SMILES string of the molecule is CC[C@H](CO)NC(=O)C(C)Br. The Labute approximate surface area is 75.3 Å². The van der Waals surface area contributed by atoms with Crippen LogP contribution in [0.3, 0.4) is 0 Å². The zero-order valence-corrected chi connectivity index (χ0v) is 8.39. The second kappa shape index (κ2) is 5.55. The molecule has 0 radical (unpaired) electrons. The summed E-state index contributed by atoms with van der Waals surface area (Å²) in [6.45, 7) is 3.67. The first kappa shape index (κ1) is 10.9. The van der Waals surface area contributed by atoms with E-state index in [1.165, 1.54) is 0 Å². The van der Waals surface area contributed by atoms with E-state index in [9.17, 15) is 4.79 Å². The number of halogens is 1. The highest BCUT2D eigenvalue weighted by Crippen LogP contribution is 1.98. The Bertz CT molecular complexity index is 124. The third-order valence-electron chi connectivity index (χ3n) is 1.42. The zero-order valence-electron chi connectivity index (χ0n) is 6.80. The summed E-state index contributed by atoms with van der Waals surface area (Å²) in [6, 6.07) is -0.109. The number of hydrogen-bond donors (Lipinski definition) is 2. The molecule has 0 fully saturated rings. The molecule has 0 aliphatic carbocycles. The van der Waals surface area contributed by atoms with E-state index >= 15 is 0 Å². The molecule has 11 heavy (non-hydrogen) atoms. The van der Waals surface area contributed by atoms with E-state index in [0.29, 0.717) is 0 Å². The monoisotopic (exact) mass is 223 g/mol. The molecule has 0 rings (SSSR count). The van der Waals surface area contributed by atoms with Crippen LogP contribution in [0.15, 0.2) is 0 Å². The van der Waals surface area contributed by atoms with E-state index in [4.69, 9.17) is 5.11 Å². The van der Waals surface area contributed by atoms with E-state index in [0.717, 1.165) is 6.42 Å². The number of aliphatic hydroxyl groups is 1. The lowest BCUT2D eigenvalue weighted by atomic mass is 10.2. The Kier molecular flexibility index (Phi) is 5.50. The topological polar surface area (TPSA) is 49.3 Å². The van der Waals surface area contributed by atoms with Crippen LogP contribution in [0.2, 0.25) is 0 Å². The highest BCUT2D eigenvalue weighted by atomic mass is 79.9. The molecule has 0 aromatic carbocycles. The fraction of sp³-hybridized carbons (Fsp3) is 0.857. The van der Waals surface area contributed by atoms with Crippen molar-refractivity contribution in [1.29, 1.82) is 0 Å². The van der Waals surface area contributed by atoms with Crippen LogP contribution in [-0.4, -0.2) is 28.5 Å². The maximum Gasteiger partial charge on any atom is 0.233 e. The molecule has 66 valence electrons. The Morgan fingerprint density at radius 1 is 1.73 bits per heavy atom. The Morgan fingerprint density at radius 3 is 2.55 bits per heavy atom. The van der Waals surface area contributed by atoms with Crippen LogP contribution in [0, 0.1) is 0 Å². The summed E-state index contributed by atoms with van der Waals surface area (Å²) in [5, 5.41) is 11.4. The molecular formula is C7H14BrNO2. The molecular weight excluding hydrogens is 210 g/mol. The molecule has 0 saturated heterocycles. The Morgan fingerprint density at radius 2 is 2.27 bits per heavy atom. The molecule has 2 N–H and O–H groups in total. The predicted molar refractivity (Wildman–Crippen MR) is 47.7 cm³/mol. The van der Waals surface area contributed by atoms with Crippen LogP contribution in [-0.2, 0) is 4.79 Å². The van der Waals surface area contributed by atoms with Gasteiger partial charge in [-0.15, -0.1) is 0 Å². The van der Waals surface area contributed by atoms with Gasteiger partial charge in [-0.3, -0.25) is 4.79 Å². The average molecular weight is 224 g/mol. The van der Waals surface area contributed by atoms with Crippen molar-refractivity contribution in [3.05, 3.63) is 0 Å². The van der Waals surface area contributed by atoms with Gasteiger partial charge < -0.3 is 10.4 Å². The zero-order chi connectivity index (χ0) is 8.85.